The summed E-state index contributed by atoms with van der Waals surface area (Å²) in [7, 11) is 1.20. The van der Waals surface area contributed by atoms with Crippen LogP contribution in [0.1, 0.15) is 146 Å². The maximum Gasteiger partial charge on any atom is 0.275 e. The molecule has 0 atom stereocenters. The molecule has 2 aliphatic carbocycles. The van der Waals surface area contributed by atoms with Crippen LogP contribution in [0.3, 0.4) is 0 Å². The number of hydrogen-bond donors (Lipinski definition) is 2. The first-order valence-corrected chi connectivity index (χ1v) is 40.7. The van der Waals surface area contributed by atoms with Gasteiger partial charge in [-0.1, -0.05) is 59.1 Å². The quantitative estimate of drug-likeness (QED) is 0.101. The molecule has 616 valence electrons. The third-order valence-corrected chi connectivity index (χ3v) is 22.5. The maximum absolute atomic E-state index is 14.2. The molecule has 10 aliphatic rings. The Kier molecular flexibility index (Phi) is 23.6. The van der Waals surface area contributed by atoms with Crippen molar-refractivity contribution in [1.82, 2.24) is 74.2 Å². The first-order valence-electron chi connectivity index (χ1n) is 39.6. The molecule has 119 heavy (non-hydrogen) atoms. The number of rotatable bonds is 13. The van der Waals surface area contributed by atoms with E-state index >= 15 is 0 Å². The monoisotopic (exact) mass is 1680 g/mol. The molecule has 5 amide bonds. The molecule has 5 aromatic carbocycles. The Morgan fingerprint density at radius 3 is 1.13 bits per heavy atom. The van der Waals surface area contributed by atoms with Crippen molar-refractivity contribution in [2.45, 2.75) is 129 Å². The number of carbonyl (C=O) groups is 5. The van der Waals surface area contributed by atoms with Crippen LogP contribution >= 0.6 is 34.8 Å². The van der Waals surface area contributed by atoms with Crippen LogP contribution in [0.15, 0.2) is 84.9 Å². The second-order valence-electron chi connectivity index (χ2n) is 29.9. The molecule has 35 heteroatoms. The van der Waals surface area contributed by atoms with Gasteiger partial charge in [-0.05, 0) is 146 Å². The number of amides is 5. The Morgan fingerprint density at radius 1 is 0.420 bits per heavy atom. The minimum absolute atomic E-state index is 0.0123. The predicted molar refractivity (Wildman–Crippen MR) is 427 cm³/mol. The summed E-state index contributed by atoms with van der Waals surface area (Å²) in [5.41, 5.74) is 8.18. The Bertz CT molecular complexity index is 5690. The van der Waals surface area contributed by atoms with E-state index in [9.17, 15) is 41.5 Å². The van der Waals surface area contributed by atoms with Gasteiger partial charge in [0.1, 0.15) is 23.3 Å². The molecule has 0 bridgehead atoms. The summed E-state index contributed by atoms with van der Waals surface area (Å²) in [6.07, 6.45) is 11.2. The topological polar surface area (TPSA) is 311 Å². The fourth-order valence-corrected chi connectivity index (χ4v) is 15.1. The zero-order valence-corrected chi connectivity index (χ0v) is 67.1. The van der Waals surface area contributed by atoms with Gasteiger partial charge in [-0.3, -0.25) is 24.0 Å². The Morgan fingerprint density at radius 2 is 0.782 bits per heavy atom. The van der Waals surface area contributed by atoms with Gasteiger partial charge < -0.3 is 53.8 Å². The van der Waals surface area contributed by atoms with E-state index in [1.54, 1.807) is 51.4 Å². The number of carbonyl (C=O) groups excluding carboxylic acids is 5. The van der Waals surface area contributed by atoms with Gasteiger partial charge in [-0.2, -0.15) is 36.0 Å². The zero-order chi connectivity index (χ0) is 82.9. The van der Waals surface area contributed by atoms with E-state index in [0.717, 1.165) is 167 Å². The van der Waals surface area contributed by atoms with Gasteiger partial charge in [0.2, 0.25) is 29.4 Å². The molecule has 0 spiro atoms. The van der Waals surface area contributed by atoms with Crippen LogP contribution in [0.5, 0.6) is 35.1 Å². The molecule has 20 rings (SSSR count). The lowest BCUT2D eigenvalue weighted by atomic mass is 9.98. The van der Waals surface area contributed by atoms with E-state index in [1.165, 1.54) is 13.2 Å². The van der Waals surface area contributed by atoms with Crippen molar-refractivity contribution >= 4 is 64.3 Å². The summed E-state index contributed by atoms with van der Waals surface area (Å²) in [5, 5.41) is 47.6. The van der Waals surface area contributed by atoms with Crippen LogP contribution in [0.4, 0.5) is 17.6 Å². The van der Waals surface area contributed by atoms with Crippen LogP contribution in [-0.4, -0.2) is 185 Å². The van der Waals surface area contributed by atoms with Gasteiger partial charge in [0.25, 0.3) is 29.5 Å². The fraction of sp³-hybridized carbons (Fsp3) is 0.381. The van der Waals surface area contributed by atoms with Crippen molar-refractivity contribution < 1.29 is 70.0 Å². The predicted octanol–water partition coefficient (Wildman–Crippen LogP) is 13.6. The van der Waals surface area contributed by atoms with Crippen molar-refractivity contribution in [2.75, 3.05) is 79.4 Å². The van der Waals surface area contributed by atoms with Crippen LogP contribution in [0.25, 0.3) is 55.6 Å². The van der Waals surface area contributed by atoms with E-state index in [2.05, 4.69) is 42.2 Å². The Balaban J connectivity index is 0.000000111. The molecule has 3 saturated heterocycles. The van der Waals surface area contributed by atoms with Crippen molar-refractivity contribution in [3.05, 3.63) is 168 Å². The van der Waals surface area contributed by atoms with E-state index in [-0.39, 0.29) is 69.7 Å². The molecule has 10 aromatic rings. The molecule has 0 radical (unpaired) electrons. The van der Waals surface area contributed by atoms with Crippen LogP contribution < -0.4 is 39.1 Å². The zero-order valence-electron chi connectivity index (χ0n) is 64.9. The number of nitrogens with one attached hydrogen (secondary N) is 2. The Labute approximate surface area is 694 Å². The molecule has 5 fully saturated rings. The fourth-order valence-electron chi connectivity index (χ4n) is 14.7. The highest BCUT2D eigenvalue weighted by molar-refractivity contribution is 6.42. The van der Waals surface area contributed by atoms with Crippen molar-refractivity contribution in [3.63, 3.8) is 0 Å². The highest BCUT2D eigenvalue weighted by Crippen LogP contribution is 2.45. The molecular weight excluding hydrogens is 1610 g/mol. The van der Waals surface area contributed by atoms with E-state index in [4.69, 9.17) is 73.7 Å². The molecule has 8 aliphatic heterocycles. The lowest BCUT2D eigenvalue weighted by Gasteiger charge is -2.30. The minimum atomic E-state index is -0.976. The summed E-state index contributed by atoms with van der Waals surface area (Å²) >= 11 is 18.1. The number of fused-ring (bicyclic) bond motifs is 5. The SMILES string of the molecule is COc1c(F)cc(-c2c(C(=O)N3CCC3)nn3c2OCCC3)cc1F.Cc1cc(C#N)ccc1-c1c(C(=O)NC2CC2)nn2c1OCCC2.N#Cc1c(F)cc(-c2c(C(=O)N3CCC3)nn3c2OCCC3)cc1F.O=C(NC1CC1)c1nn2c(c1-c1ccc(Cl)c(Cl)c1)OCCC2.O=C(c1nn2c(c1-c1ccc(Cl)cc1)OCCC2)N1CCC1. The van der Waals surface area contributed by atoms with Gasteiger partial charge in [0.15, 0.2) is 45.9 Å². The van der Waals surface area contributed by atoms with Gasteiger partial charge in [0, 0.05) is 121 Å². The van der Waals surface area contributed by atoms with Gasteiger partial charge in [-0.25, -0.2) is 41.0 Å². The molecule has 5 aromatic heterocycles. The van der Waals surface area contributed by atoms with Crippen molar-refractivity contribution in [1.29, 1.82) is 10.5 Å². The molecule has 13 heterocycles. The Hall–Kier alpha value is -12.1. The van der Waals surface area contributed by atoms with Crippen LogP contribution in [-0.2, 0) is 32.7 Å². The molecule has 28 nitrogen and oxygen atoms in total. The number of hydrogen-bond acceptors (Lipinski definition) is 18. The summed E-state index contributed by atoms with van der Waals surface area (Å²) in [6.45, 7) is 12.4. The average molecular weight is 1690 g/mol. The number of aromatic nitrogens is 10. The van der Waals surface area contributed by atoms with E-state index in [0.29, 0.717) is 151 Å². The number of halogens is 7. The summed E-state index contributed by atoms with van der Waals surface area (Å²) in [4.78, 5) is 68.4. The third kappa shape index (κ3) is 16.8. The molecule has 2 saturated carbocycles. The van der Waals surface area contributed by atoms with E-state index in [1.807, 2.05) is 54.3 Å². The normalized spacial score (nSPS) is 16.2. The number of ether oxygens (including phenoxy) is 6. The maximum atomic E-state index is 14.2. The van der Waals surface area contributed by atoms with Gasteiger partial charge in [0.05, 0.1) is 89.6 Å². The number of likely N-dealkylation sites (tertiary alicyclic amines) is 3. The average Bonchev–Trinajstić information content (AvgIpc) is 1.65. The lowest BCUT2D eigenvalue weighted by molar-refractivity contribution is 0.0638. The third-order valence-electron chi connectivity index (χ3n) is 21.5. The summed E-state index contributed by atoms with van der Waals surface area (Å²) in [5.74, 6) is -2.28. The number of nitriles is 2. The highest BCUT2D eigenvalue weighted by atomic mass is 35.5. The molecule has 0 unspecified atom stereocenters. The molecule has 2 N–H and O–H groups in total. The second-order valence-corrected chi connectivity index (χ2v) is 31.1. The summed E-state index contributed by atoms with van der Waals surface area (Å²) < 4.78 is 98.4. The van der Waals surface area contributed by atoms with Crippen LogP contribution in [0.2, 0.25) is 15.1 Å². The number of nitrogens with zero attached hydrogens (tertiary/aromatic N) is 15. The largest absolute Gasteiger partial charge is 0.491 e. The summed E-state index contributed by atoms with van der Waals surface area (Å²) in [6, 6.07) is 26.8. The first-order chi connectivity index (χ1) is 57.7. The second kappa shape index (κ2) is 34.8. The van der Waals surface area contributed by atoms with Crippen molar-refractivity contribution in [2.24, 2.45) is 0 Å². The van der Waals surface area contributed by atoms with Crippen molar-refractivity contribution in [3.8, 4) is 103 Å². The number of benzene rings is 5. The lowest BCUT2D eigenvalue weighted by Crippen LogP contribution is -2.42. The first kappa shape index (κ1) is 80.7. The van der Waals surface area contributed by atoms with Crippen LogP contribution in [0, 0.1) is 52.9 Å². The number of methoxy groups -OCH3 is 1. The molecular formula is C84H80Cl3F4N17O11. The van der Waals surface area contributed by atoms with Gasteiger partial charge >= 0.3 is 0 Å². The standard InChI is InChI=1S/C18H18N4O2.C17H14F2N4O2.C17H17F2N3O3.C16H15Cl2N3O2.C16H16ClN3O2/c1-11-9-12(10-19)3-6-14(11)15-16(17(23)20-13-4-5-13)21-22-7-2-8-24-18(15)22;18-12-7-10(8-13(19)11(12)9-20)14-15(16(24)22-3-1-4-22)21-23-5-2-6-25-17(14)23;1-24-15-11(18)8-10(9-12(15)19)13-14(16(23)21-4-2-5-21)20-22-6-3-7-25-17(13)22;17-11-5-2-9(8-12(11)18)13-14(15(22)19-10-3-4-10)20-21-6-1-7-23-16(13)21;17-12-5-3-11(4-6-12)13-14(15(21)19-7-1-8-19)18-20-9-2-10-22-16(13)20/h3,6,9,13H,2,4-5,7-8H2,1H3,(H,20,23);7-8H,1-6H2;8-9H,2-7H2,1H3;2,5,8,10H,1,3-4,6-7H2,(H,19,22);3-6H,1-2,7-10H2. The number of aryl methyl sites for hydroxylation is 6. The highest BCUT2D eigenvalue weighted by Gasteiger charge is 2.39. The van der Waals surface area contributed by atoms with E-state index < -0.39 is 34.6 Å². The minimum Gasteiger partial charge on any atom is -0.491 e. The van der Waals surface area contributed by atoms with Gasteiger partial charge in [-0.15, -0.1) is 0 Å². The smallest absolute Gasteiger partial charge is 0.275 e.